The maximum Gasteiger partial charge on any atom is 0.449 e. The molecule has 4 N–H and O–H groups in total. The van der Waals surface area contributed by atoms with Gasteiger partial charge in [0.1, 0.15) is 5.82 Å². The van der Waals surface area contributed by atoms with Crippen LogP contribution in [0.1, 0.15) is 26.5 Å². The van der Waals surface area contributed by atoms with Crippen molar-refractivity contribution in [1.29, 1.82) is 0 Å². The first-order valence-corrected chi connectivity index (χ1v) is 7.15. The number of carbonyl (C=O) groups is 2. The number of nitrogens with two attached hydrogens (primary N) is 1. The molecule has 11 heteroatoms. The number of nitrogens with one attached hydrogen (secondary N) is 2. The third-order valence-electron chi connectivity index (χ3n) is 3.95. The number of alkyl halides is 3. The lowest BCUT2D eigenvalue weighted by molar-refractivity contribution is -0.144. The highest BCUT2D eigenvalue weighted by molar-refractivity contribution is 6.23. The number of rotatable bonds is 1. The molecule has 3 aromatic rings. The van der Waals surface area contributed by atoms with E-state index >= 15 is 0 Å². The van der Waals surface area contributed by atoms with Crippen molar-refractivity contribution in [2.24, 2.45) is 0 Å². The number of hydrogen-bond donors (Lipinski definition) is 3. The number of imidazole rings is 1. The van der Waals surface area contributed by atoms with Crippen molar-refractivity contribution >= 4 is 28.7 Å². The summed E-state index contributed by atoms with van der Waals surface area (Å²) in [5, 5.41) is 2.03. The van der Waals surface area contributed by atoms with Crippen LogP contribution in [0.3, 0.4) is 0 Å². The van der Waals surface area contributed by atoms with Gasteiger partial charge in [-0.2, -0.15) is 13.2 Å². The van der Waals surface area contributed by atoms with Crippen molar-refractivity contribution in [2.45, 2.75) is 6.18 Å². The molecule has 0 aliphatic carbocycles. The Hall–Kier alpha value is -3.63. The fraction of sp³-hybridized carbons (Fsp3) is 0.0667. The number of anilines is 1. The number of aromatic amines is 1. The largest absolute Gasteiger partial charge is 0.449 e. The molecule has 1 aliphatic heterocycles. The highest BCUT2D eigenvalue weighted by atomic mass is 19.4. The van der Waals surface area contributed by atoms with Gasteiger partial charge >= 0.3 is 6.18 Å². The van der Waals surface area contributed by atoms with Crippen molar-refractivity contribution < 1.29 is 22.8 Å². The van der Waals surface area contributed by atoms with E-state index in [1.54, 1.807) is 0 Å². The Kier molecular flexibility index (Phi) is 3.02. The van der Waals surface area contributed by atoms with Gasteiger partial charge in [-0.25, -0.2) is 4.98 Å². The first kappa shape index (κ1) is 15.9. The van der Waals surface area contributed by atoms with Gasteiger partial charge in [-0.1, -0.05) is 0 Å². The summed E-state index contributed by atoms with van der Waals surface area (Å²) in [6, 6.07) is 4.81. The Morgan fingerprint density at radius 1 is 1.08 bits per heavy atom. The molecule has 0 saturated carbocycles. The molecule has 2 amide bonds. The number of H-pyrrole nitrogens is 1. The Morgan fingerprint density at radius 2 is 1.81 bits per heavy atom. The average molecular weight is 363 g/mol. The molecule has 132 valence electrons. The lowest BCUT2D eigenvalue weighted by Gasteiger charge is -2.11. The van der Waals surface area contributed by atoms with Crippen LogP contribution in [-0.4, -0.2) is 26.3 Å². The standard InChI is InChI=1S/C15H8F3N5O3/c16-15(17,18)14-20-7-2-1-5(3-8(7)21-14)23-9(24)4-6-10(11(23)19)13(26)22-12(6)25/h1-4H,19H2,(H,20,21)(H,22,25,26). The highest BCUT2D eigenvalue weighted by Crippen LogP contribution is 2.29. The van der Waals surface area contributed by atoms with Gasteiger partial charge in [0, 0.05) is 6.07 Å². The topological polar surface area (TPSA) is 123 Å². The van der Waals surface area contributed by atoms with E-state index in [4.69, 9.17) is 5.73 Å². The van der Waals surface area contributed by atoms with E-state index in [1.807, 2.05) is 5.32 Å². The molecular weight excluding hydrogens is 355 g/mol. The predicted molar refractivity (Wildman–Crippen MR) is 82.9 cm³/mol. The second-order valence-corrected chi connectivity index (χ2v) is 5.56. The van der Waals surface area contributed by atoms with Gasteiger partial charge in [-0.15, -0.1) is 0 Å². The number of nitrogen functional groups attached to an aromatic ring is 1. The lowest BCUT2D eigenvalue weighted by Crippen LogP contribution is -2.24. The zero-order valence-electron chi connectivity index (χ0n) is 12.6. The van der Waals surface area contributed by atoms with Gasteiger partial charge in [0.15, 0.2) is 0 Å². The molecule has 1 aromatic carbocycles. The Morgan fingerprint density at radius 3 is 2.50 bits per heavy atom. The highest BCUT2D eigenvalue weighted by Gasteiger charge is 2.35. The van der Waals surface area contributed by atoms with Gasteiger partial charge < -0.3 is 10.7 Å². The van der Waals surface area contributed by atoms with Crippen molar-refractivity contribution in [2.75, 3.05) is 5.73 Å². The van der Waals surface area contributed by atoms with Crippen molar-refractivity contribution in [3.8, 4) is 5.69 Å². The second-order valence-electron chi connectivity index (χ2n) is 5.56. The quantitative estimate of drug-likeness (QED) is 0.561. The Bertz CT molecular complexity index is 1180. The van der Waals surface area contributed by atoms with Gasteiger partial charge in [0.2, 0.25) is 5.82 Å². The summed E-state index contributed by atoms with van der Waals surface area (Å²) in [5.41, 5.74) is 5.07. The minimum absolute atomic E-state index is 0.0298. The second kappa shape index (κ2) is 4.94. The fourth-order valence-electron chi connectivity index (χ4n) is 2.82. The number of amides is 2. The SMILES string of the molecule is Nc1c2c(cc(=O)n1-c1ccc3nc(C(F)(F)F)[nH]c3c1)C(=O)NC2=O. The van der Waals surface area contributed by atoms with Crippen LogP contribution in [0.15, 0.2) is 29.1 Å². The van der Waals surface area contributed by atoms with Crippen molar-refractivity contribution in [3.05, 3.63) is 51.6 Å². The summed E-state index contributed by atoms with van der Waals surface area (Å²) < 4.78 is 39.2. The van der Waals surface area contributed by atoms with Crippen LogP contribution >= 0.6 is 0 Å². The summed E-state index contributed by atoms with van der Waals surface area (Å²) in [4.78, 5) is 41.4. The molecule has 0 fully saturated rings. The molecule has 0 unspecified atom stereocenters. The Labute approximate surface area is 141 Å². The predicted octanol–water partition coefficient (Wildman–Crippen LogP) is 1.20. The summed E-state index contributed by atoms with van der Waals surface area (Å²) >= 11 is 0. The van der Waals surface area contributed by atoms with Gasteiger partial charge in [-0.3, -0.25) is 24.3 Å². The summed E-state index contributed by atoms with van der Waals surface area (Å²) in [7, 11) is 0. The number of imide groups is 1. The number of nitrogens with zero attached hydrogens (tertiary/aromatic N) is 2. The number of pyridine rings is 1. The molecule has 0 saturated heterocycles. The van der Waals surface area contributed by atoms with Crippen LogP contribution in [0.4, 0.5) is 19.0 Å². The maximum atomic E-state index is 12.8. The summed E-state index contributed by atoms with van der Waals surface area (Å²) in [6.07, 6.45) is -4.65. The van der Waals surface area contributed by atoms with Crippen LogP contribution in [0, 0.1) is 0 Å². The number of carbonyl (C=O) groups excluding carboxylic acids is 2. The van der Waals surface area contributed by atoms with Crippen LogP contribution in [0.2, 0.25) is 0 Å². The number of halogens is 3. The average Bonchev–Trinajstić information content (AvgIpc) is 3.08. The lowest BCUT2D eigenvalue weighted by atomic mass is 10.1. The monoisotopic (exact) mass is 363 g/mol. The summed E-state index contributed by atoms with van der Waals surface area (Å²) in [6.45, 7) is 0. The summed E-state index contributed by atoms with van der Waals surface area (Å²) in [5.74, 6) is -2.95. The van der Waals surface area contributed by atoms with Crippen LogP contribution in [0.5, 0.6) is 0 Å². The zero-order valence-corrected chi connectivity index (χ0v) is 12.6. The normalized spacial score (nSPS) is 14.0. The number of hydrogen-bond acceptors (Lipinski definition) is 5. The van der Waals surface area contributed by atoms with Crippen molar-refractivity contribution in [3.63, 3.8) is 0 Å². The molecule has 26 heavy (non-hydrogen) atoms. The van der Waals surface area contributed by atoms with E-state index in [2.05, 4.69) is 9.97 Å². The van der Waals surface area contributed by atoms with E-state index in [0.717, 1.165) is 10.6 Å². The van der Waals surface area contributed by atoms with Crippen LogP contribution in [0.25, 0.3) is 16.7 Å². The molecule has 8 nitrogen and oxygen atoms in total. The van der Waals surface area contributed by atoms with E-state index in [1.165, 1.54) is 18.2 Å². The molecule has 2 aromatic heterocycles. The van der Waals surface area contributed by atoms with E-state index in [9.17, 15) is 27.6 Å². The molecule has 0 atom stereocenters. The third kappa shape index (κ3) is 2.17. The maximum absolute atomic E-state index is 12.8. The molecule has 0 radical (unpaired) electrons. The smallest absolute Gasteiger partial charge is 0.384 e. The zero-order chi connectivity index (χ0) is 18.8. The molecular formula is C15H8F3N5O3. The minimum atomic E-state index is -4.65. The van der Waals surface area contributed by atoms with Crippen LogP contribution in [-0.2, 0) is 6.18 Å². The van der Waals surface area contributed by atoms with E-state index in [-0.39, 0.29) is 33.7 Å². The minimum Gasteiger partial charge on any atom is -0.384 e. The van der Waals surface area contributed by atoms with E-state index in [0.29, 0.717) is 0 Å². The molecule has 0 spiro atoms. The fourth-order valence-corrected chi connectivity index (χ4v) is 2.82. The first-order chi connectivity index (χ1) is 12.2. The van der Waals surface area contributed by atoms with Gasteiger partial charge in [-0.05, 0) is 18.2 Å². The van der Waals surface area contributed by atoms with E-state index < -0.39 is 29.4 Å². The third-order valence-corrected chi connectivity index (χ3v) is 3.95. The molecule has 0 bridgehead atoms. The Balaban J connectivity index is 1.94. The number of fused-ring (bicyclic) bond motifs is 2. The van der Waals surface area contributed by atoms with Gasteiger partial charge in [0.05, 0.1) is 27.8 Å². The number of aromatic nitrogens is 3. The van der Waals surface area contributed by atoms with Crippen molar-refractivity contribution in [1.82, 2.24) is 19.9 Å². The molecule has 1 aliphatic rings. The van der Waals surface area contributed by atoms with Gasteiger partial charge in [0.25, 0.3) is 17.4 Å². The molecule has 3 heterocycles. The number of benzene rings is 1. The first-order valence-electron chi connectivity index (χ1n) is 7.15. The molecule has 4 rings (SSSR count). The van der Waals surface area contributed by atoms with Crippen LogP contribution < -0.4 is 16.6 Å².